The molecule has 0 atom stereocenters. The van der Waals surface area contributed by atoms with Crippen LogP contribution in [0.1, 0.15) is 5.56 Å². The molecule has 0 N–H and O–H groups in total. The molecule has 1 fully saturated rings. The van der Waals surface area contributed by atoms with Crippen molar-refractivity contribution in [3.63, 3.8) is 0 Å². The molecule has 8 heteroatoms. The Morgan fingerprint density at radius 3 is 2.63 bits per heavy atom. The number of nitrogens with zero attached hydrogens (tertiary/aromatic N) is 1. The Morgan fingerprint density at radius 2 is 1.93 bits per heavy atom. The molecule has 1 heterocycles. The van der Waals surface area contributed by atoms with E-state index in [4.69, 9.17) is 38.0 Å². The smallest absolute Gasteiger partial charge is 0.266 e. The van der Waals surface area contributed by atoms with E-state index < -0.39 is 0 Å². The molecule has 2 aromatic carbocycles. The highest BCUT2D eigenvalue weighted by Gasteiger charge is 2.31. The van der Waals surface area contributed by atoms with E-state index in [0.29, 0.717) is 51.1 Å². The van der Waals surface area contributed by atoms with E-state index in [0.717, 1.165) is 5.75 Å². The van der Waals surface area contributed by atoms with Crippen LogP contribution in [-0.4, -0.2) is 42.0 Å². The molecule has 0 aliphatic carbocycles. The SMILES string of the molecule is C=CCN1C(=O)C(=Cc2cc(Cl)c(OCCOc3ccccc3)c(OC)c2)SC1=S. The quantitative estimate of drug-likeness (QED) is 0.221. The Hall–Kier alpha value is -2.48. The van der Waals surface area contributed by atoms with Crippen molar-refractivity contribution in [1.82, 2.24) is 4.90 Å². The molecule has 0 unspecified atom stereocenters. The third kappa shape index (κ3) is 5.36. The number of thioether (sulfide) groups is 1. The van der Waals surface area contributed by atoms with E-state index in [-0.39, 0.29) is 5.91 Å². The maximum atomic E-state index is 12.5. The summed E-state index contributed by atoms with van der Waals surface area (Å²) >= 11 is 12.9. The van der Waals surface area contributed by atoms with Gasteiger partial charge in [0.15, 0.2) is 11.5 Å². The Morgan fingerprint density at radius 1 is 1.20 bits per heavy atom. The lowest BCUT2D eigenvalue weighted by Crippen LogP contribution is -2.27. The number of halogens is 1. The van der Waals surface area contributed by atoms with Gasteiger partial charge in [0, 0.05) is 6.54 Å². The molecule has 0 spiro atoms. The van der Waals surface area contributed by atoms with Crippen LogP contribution < -0.4 is 14.2 Å². The van der Waals surface area contributed by atoms with Gasteiger partial charge < -0.3 is 14.2 Å². The molecule has 0 saturated carbocycles. The molecule has 30 heavy (non-hydrogen) atoms. The van der Waals surface area contributed by atoms with Crippen molar-refractivity contribution >= 4 is 51.9 Å². The lowest BCUT2D eigenvalue weighted by molar-refractivity contribution is -0.121. The predicted molar refractivity (Wildman–Crippen MR) is 126 cm³/mol. The van der Waals surface area contributed by atoms with Crippen LogP contribution in [0.25, 0.3) is 6.08 Å². The van der Waals surface area contributed by atoms with Crippen LogP contribution in [0.4, 0.5) is 0 Å². The van der Waals surface area contributed by atoms with Gasteiger partial charge in [0.2, 0.25) is 0 Å². The molecule has 1 amide bonds. The summed E-state index contributed by atoms with van der Waals surface area (Å²) in [6, 6.07) is 13.0. The standard InChI is InChI=1S/C22H20ClNO4S2/c1-3-9-24-21(25)19(30-22(24)29)14-15-12-17(23)20(18(13-15)26-2)28-11-10-27-16-7-5-4-6-8-16/h3-8,12-14H,1,9-11H2,2H3. The molecule has 1 aliphatic heterocycles. The lowest BCUT2D eigenvalue weighted by atomic mass is 10.1. The minimum absolute atomic E-state index is 0.154. The Labute approximate surface area is 190 Å². The Bertz CT molecular complexity index is 979. The fourth-order valence-electron chi connectivity index (χ4n) is 2.72. The maximum absolute atomic E-state index is 12.5. The third-order valence-corrected chi connectivity index (χ3v) is 5.73. The van der Waals surface area contributed by atoms with E-state index >= 15 is 0 Å². The van der Waals surface area contributed by atoms with Gasteiger partial charge in [-0.1, -0.05) is 59.9 Å². The summed E-state index contributed by atoms with van der Waals surface area (Å²) in [5.74, 6) is 1.50. The van der Waals surface area contributed by atoms with Crippen LogP contribution in [0, 0.1) is 0 Å². The topological polar surface area (TPSA) is 48.0 Å². The molecule has 3 rings (SSSR count). The highest BCUT2D eigenvalue weighted by Crippen LogP contribution is 2.39. The highest BCUT2D eigenvalue weighted by atomic mass is 35.5. The number of carbonyl (C=O) groups excluding carboxylic acids is 1. The van der Waals surface area contributed by atoms with Crippen LogP contribution >= 0.6 is 35.6 Å². The largest absolute Gasteiger partial charge is 0.493 e. The van der Waals surface area contributed by atoms with Crippen LogP contribution in [0.15, 0.2) is 60.0 Å². The number of thiocarbonyl (C=S) groups is 1. The van der Waals surface area contributed by atoms with Gasteiger partial charge in [-0.15, -0.1) is 6.58 Å². The van der Waals surface area contributed by atoms with E-state index in [1.807, 2.05) is 30.3 Å². The van der Waals surface area contributed by atoms with Gasteiger partial charge in [0.25, 0.3) is 5.91 Å². The third-order valence-electron chi connectivity index (χ3n) is 4.08. The van der Waals surface area contributed by atoms with Crippen molar-refractivity contribution in [2.45, 2.75) is 0 Å². The van der Waals surface area contributed by atoms with Gasteiger partial charge in [-0.25, -0.2) is 0 Å². The zero-order valence-corrected chi connectivity index (χ0v) is 18.7. The second-order valence-electron chi connectivity index (χ2n) is 6.13. The summed E-state index contributed by atoms with van der Waals surface area (Å²) in [5.41, 5.74) is 0.712. The van der Waals surface area contributed by atoms with Crippen molar-refractivity contribution in [3.05, 3.63) is 70.6 Å². The molecule has 5 nitrogen and oxygen atoms in total. The van der Waals surface area contributed by atoms with Crippen LogP contribution in [0.3, 0.4) is 0 Å². The molecular weight excluding hydrogens is 442 g/mol. The summed E-state index contributed by atoms with van der Waals surface area (Å²) in [4.78, 5) is 14.5. The molecule has 1 aliphatic rings. The minimum atomic E-state index is -0.154. The number of benzene rings is 2. The van der Waals surface area contributed by atoms with Gasteiger partial charge in [-0.3, -0.25) is 9.69 Å². The Kier molecular flexibility index (Phi) is 7.79. The number of hydrogen-bond donors (Lipinski definition) is 0. The first-order chi connectivity index (χ1) is 14.5. The first-order valence-corrected chi connectivity index (χ1v) is 10.7. The van der Waals surface area contributed by atoms with E-state index in [2.05, 4.69) is 6.58 Å². The second kappa shape index (κ2) is 10.5. The van der Waals surface area contributed by atoms with E-state index in [9.17, 15) is 4.79 Å². The van der Waals surface area contributed by atoms with Crippen LogP contribution in [0.2, 0.25) is 5.02 Å². The molecule has 0 radical (unpaired) electrons. The van der Waals surface area contributed by atoms with Gasteiger partial charge in [0.05, 0.1) is 17.0 Å². The lowest BCUT2D eigenvalue weighted by Gasteiger charge is -2.14. The monoisotopic (exact) mass is 461 g/mol. The molecule has 2 aromatic rings. The normalized spacial score (nSPS) is 14.9. The van der Waals surface area contributed by atoms with Gasteiger partial charge in [0.1, 0.15) is 23.3 Å². The van der Waals surface area contributed by atoms with Crippen molar-refractivity contribution in [2.24, 2.45) is 0 Å². The van der Waals surface area contributed by atoms with Crippen molar-refractivity contribution < 1.29 is 19.0 Å². The first-order valence-electron chi connectivity index (χ1n) is 9.08. The summed E-state index contributed by atoms with van der Waals surface area (Å²) in [6.45, 7) is 4.69. The number of methoxy groups -OCH3 is 1. The Balaban J connectivity index is 1.70. The summed E-state index contributed by atoms with van der Waals surface area (Å²) in [6.07, 6.45) is 3.38. The fraction of sp³-hybridized carbons (Fsp3) is 0.182. The molecule has 156 valence electrons. The molecular formula is C22H20ClNO4S2. The molecule has 1 saturated heterocycles. The predicted octanol–water partition coefficient (Wildman–Crippen LogP) is 5.19. The maximum Gasteiger partial charge on any atom is 0.266 e. The van der Waals surface area contributed by atoms with Crippen molar-refractivity contribution in [3.8, 4) is 17.2 Å². The fourth-order valence-corrected chi connectivity index (χ4v) is 4.27. The van der Waals surface area contributed by atoms with Crippen LogP contribution in [0.5, 0.6) is 17.2 Å². The van der Waals surface area contributed by atoms with Gasteiger partial charge >= 0.3 is 0 Å². The number of para-hydroxylation sites is 1. The summed E-state index contributed by atoms with van der Waals surface area (Å²) in [7, 11) is 1.53. The summed E-state index contributed by atoms with van der Waals surface area (Å²) < 4.78 is 17.3. The van der Waals surface area contributed by atoms with Gasteiger partial charge in [-0.05, 0) is 35.9 Å². The zero-order valence-electron chi connectivity index (χ0n) is 16.3. The van der Waals surface area contributed by atoms with Crippen LogP contribution in [-0.2, 0) is 4.79 Å². The van der Waals surface area contributed by atoms with E-state index in [1.54, 1.807) is 24.3 Å². The first kappa shape index (κ1) is 22.2. The van der Waals surface area contributed by atoms with Gasteiger partial charge in [-0.2, -0.15) is 0 Å². The van der Waals surface area contributed by atoms with Crippen molar-refractivity contribution in [1.29, 1.82) is 0 Å². The second-order valence-corrected chi connectivity index (χ2v) is 8.21. The minimum Gasteiger partial charge on any atom is -0.493 e. The number of hydrogen-bond acceptors (Lipinski definition) is 6. The number of amides is 1. The van der Waals surface area contributed by atoms with E-state index in [1.165, 1.54) is 23.8 Å². The number of carbonyl (C=O) groups is 1. The average molecular weight is 462 g/mol. The average Bonchev–Trinajstić information content (AvgIpc) is 3.00. The number of rotatable bonds is 9. The van der Waals surface area contributed by atoms with Crippen molar-refractivity contribution in [2.75, 3.05) is 26.9 Å². The molecule has 0 bridgehead atoms. The molecule has 0 aromatic heterocycles. The zero-order chi connectivity index (χ0) is 21.5. The number of ether oxygens (including phenoxy) is 3. The highest BCUT2D eigenvalue weighted by molar-refractivity contribution is 8.26. The summed E-state index contributed by atoms with van der Waals surface area (Å²) in [5, 5.41) is 0.377.